The van der Waals surface area contributed by atoms with Crippen molar-refractivity contribution >= 4 is 35.2 Å². The van der Waals surface area contributed by atoms with Crippen LogP contribution in [0, 0.1) is 4.77 Å². The molecule has 0 fully saturated rings. The van der Waals surface area contributed by atoms with Gasteiger partial charge in [0.05, 0.1) is 10.9 Å². The van der Waals surface area contributed by atoms with E-state index in [0.717, 1.165) is 21.3 Å². The van der Waals surface area contributed by atoms with Crippen LogP contribution < -0.4 is 0 Å². The Bertz CT molecular complexity index is 757. The molecule has 0 saturated heterocycles. The van der Waals surface area contributed by atoms with E-state index in [9.17, 15) is 0 Å². The summed E-state index contributed by atoms with van der Waals surface area (Å²) in [4.78, 5) is 1.10. The second kappa shape index (κ2) is 5.52. The molecule has 1 unspecified atom stereocenters. The van der Waals surface area contributed by atoms with Crippen LogP contribution in [-0.4, -0.2) is 14.8 Å². The number of halogens is 1. The molecule has 0 spiro atoms. The molecule has 102 valence electrons. The molecule has 1 N–H and O–H groups in total. The summed E-state index contributed by atoms with van der Waals surface area (Å²) in [7, 11) is 0. The topological polar surface area (TPSA) is 33.6 Å². The first-order valence-electron chi connectivity index (χ1n) is 6.13. The summed E-state index contributed by atoms with van der Waals surface area (Å²) >= 11 is 13.0. The zero-order valence-corrected chi connectivity index (χ0v) is 13.1. The molecular formula is C14H12ClN3S2. The molecule has 0 aliphatic heterocycles. The lowest BCUT2D eigenvalue weighted by molar-refractivity contribution is 0.636. The van der Waals surface area contributed by atoms with Gasteiger partial charge in [-0.1, -0.05) is 29.8 Å². The average molecular weight is 322 g/mol. The molecule has 0 bridgehead atoms. The van der Waals surface area contributed by atoms with E-state index >= 15 is 0 Å². The van der Waals surface area contributed by atoms with E-state index < -0.39 is 0 Å². The molecule has 3 rings (SSSR count). The maximum Gasteiger partial charge on any atom is 0.196 e. The van der Waals surface area contributed by atoms with Gasteiger partial charge in [-0.25, -0.2) is 0 Å². The summed E-state index contributed by atoms with van der Waals surface area (Å²) < 4.78 is 2.65. The highest BCUT2D eigenvalue weighted by atomic mass is 35.5. The summed E-state index contributed by atoms with van der Waals surface area (Å²) in [5.74, 6) is 0.868. The first-order valence-corrected chi connectivity index (χ1v) is 7.79. The van der Waals surface area contributed by atoms with Gasteiger partial charge in [0.25, 0.3) is 0 Å². The predicted molar refractivity (Wildman–Crippen MR) is 86.0 cm³/mol. The van der Waals surface area contributed by atoms with Gasteiger partial charge in [-0.3, -0.25) is 9.67 Å². The molecule has 0 saturated carbocycles. The fourth-order valence-corrected chi connectivity index (χ4v) is 3.26. The van der Waals surface area contributed by atoms with E-state index in [1.165, 1.54) is 0 Å². The first-order chi connectivity index (χ1) is 9.66. The minimum atomic E-state index is 0.0932. The number of thiophene rings is 1. The van der Waals surface area contributed by atoms with E-state index in [2.05, 4.69) is 17.1 Å². The van der Waals surface area contributed by atoms with Crippen molar-refractivity contribution in [2.24, 2.45) is 0 Å². The smallest absolute Gasteiger partial charge is 0.196 e. The Morgan fingerprint density at radius 1 is 1.30 bits per heavy atom. The SMILES string of the molecule is CC(c1ccc(Cl)cc1)n1c(-c2cccs2)n[nH]c1=S. The number of rotatable bonds is 3. The quantitative estimate of drug-likeness (QED) is 0.694. The van der Waals surface area contributed by atoms with Crippen LogP contribution >= 0.6 is 35.2 Å². The Kier molecular flexibility index (Phi) is 3.74. The Labute approximate surface area is 130 Å². The van der Waals surface area contributed by atoms with Gasteiger partial charge in [-0.2, -0.15) is 5.10 Å². The molecule has 0 radical (unpaired) electrons. The summed E-state index contributed by atoms with van der Waals surface area (Å²) in [5.41, 5.74) is 1.14. The number of aromatic amines is 1. The van der Waals surface area contributed by atoms with Gasteiger partial charge in [0.15, 0.2) is 10.6 Å². The van der Waals surface area contributed by atoms with Crippen molar-refractivity contribution in [3.63, 3.8) is 0 Å². The van der Waals surface area contributed by atoms with E-state index in [-0.39, 0.29) is 6.04 Å². The Morgan fingerprint density at radius 3 is 2.70 bits per heavy atom. The van der Waals surface area contributed by atoms with Crippen LogP contribution in [0.5, 0.6) is 0 Å². The Hall–Kier alpha value is -1.43. The monoisotopic (exact) mass is 321 g/mol. The number of nitrogens with one attached hydrogen (secondary N) is 1. The third kappa shape index (κ3) is 2.44. The zero-order valence-electron chi connectivity index (χ0n) is 10.7. The van der Waals surface area contributed by atoms with Gasteiger partial charge in [0, 0.05) is 5.02 Å². The zero-order chi connectivity index (χ0) is 14.1. The highest BCUT2D eigenvalue weighted by Crippen LogP contribution is 2.28. The fourth-order valence-electron chi connectivity index (χ4n) is 2.13. The van der Waals surface area contributed by atoms with Crippen molar-refractivity contribution in [1.82, 2.24) is 14.8 Å². The lowest BCUT2D eigenvalue weighted by atomic mass is 10.1. The van der Waals surface area contributed by atoms with Gasteiger partial charge in [0.1, 0.15) is 0 Å². The van der Waals surface area contributed by atoms with Crippen LogP contribution in [0.4, 0.5) is 0 Å². The molecule has 3 aromatic rings. The second-order valence-electron chi connectivity index (χ2n) is 4.43. The van der Waals surface area contributed by atoms with Gasteiger partial charge in [-0.05, 0) is 48.3 Å². The molecule has 20 heavy (non-hydrogen) atoms. The van der Waals surface area contributed by atoms with E-state index in [1.54, 1.807) is 11.3 Å². The lowest BCUT2D eigenvalue weighted by Gasteiger charge is -2.15. The van der Waals surface area contributed by atoms with Gasteiger partial charge in [-0.15, -0.1) is 11.3 Å². The number of benzene rings is 1. The maximum absolute atomic E-state index is 5.94. The number of nitrogens with zero attached hydrogens (tertiary/aromatic N) is 2. The first kappa shape index (κ1) is 13.5. The van der Waals surface area contributed by atoms with Crippen LogP contribution in [0.3, 0.4) is 0 Å². The highest BCUT2D eigenvalue weighted by Gasteiger charge is 2.16. The number of aromatic nitrogens is 3. The van der Waals surface area contributed by atoms with E-state index in [1.807, 2.05) is 46.3 Å². The number of hydrogen-bond donors (Lipinski definition) is 1. The summed E-state index contributed by atoms with van der Waals surface area (Å²) in [6.07, 6.45) is 0. The molecule has 0 amide bonds. The number of H-pyrrole nitrogens is 1. The van der Waals surface area contributed by atoms with Crippen LogP contribution in [0.1, 0.15) is 18.5 Å². The largest absolute Gasteiger partial charge is 0.292 e. The van der Waals surface area contributed by atoms with Gasteiger partial charge >= 0.3 is 0 Å². The average Bonchev–Trinajstić information content (AvgIpc) is 3.07. The van der Waals surface area contributed by atoms with Crippen molar-refractivity contribution in [1.29, 1.82) is 0 Å². The Balaban J connectivity index is 2.08. The van der Waals surface area contributed by atoms with Crippen LogP contribution in [0.15, 0.2) is 41.8 Å². The summed E-state index contributed by atoms with van der Waals surface area (Å²) in [5, 5.41) is 10.0. The highest BCUT2D eigenvalue weighted by molar-refractivity contribution is 7.71. The number of hydrogen-bond acceptors (Lipinski definition) is 3. The molecule has 0 aliphatic carbocycles. The van der Waals surface area contributed by atoms with E-state index in [4.69, 9.17) is 23.8 Å². The molecule has 2 heterocycles. The fraction of sp³-hybridized carbons (Fsp3) is 0.143. The molecule has 2 aromatic heterocycles. The summed E-state index contributed by atoms with van der Waals surface area (Å²) in [6.45, 7) is 2.10. The molecule has 6 heteroatoms. The second-order valence-corrected chi connectivity index (χ2v) is 6.20. The third-order valence-corrected chi connectivity index (χ3v) is 4.59. The van der Waals surface area contributed by atoms with Gasteiger partial charge < -0.3 is 0 Å². The molecule has 1 aromatic carbocycles. The normalized spacial score (nSPS) is 12.5. The standard InChI is InChI=1S/C14H12ClN3S2/c1-9(10-4-6-11(15)7-5-10)18-13(16-17-14(18)19)12-3-2-8-20-12/h2-9H,1H3,(H,17,19). The summed E-state index contributed by atoms with van der Waals surface area (Å²) in [6, 6.07) is 12.0. The van der Waals surface area contributed by atoms with Crippen LogP contribution in [0.2, 0.25) is 5.02 Å². The van der Waals surface area contributed by atoms with Gasteiger partial charge in [0.2, 0.25) is 0 Å². The van der Waals surface area contributed by atoms with Crippen LogP contribution in [-0.2, 0) is 0 Å². The molecule has 1 atom stereocenters. The third-order valence-electron chi connectivity index (χ3n) is 3.19. The lowest BCUT2D eigenvalue weighted by Crippen LogP contribution is -2.08. The van der Waals surface area contributed by atoms with Crippen LogP contribution in [0.25, 0.3) is 10.7 Å². The molecule has 0 aliphatic rings. The van der Waals surface area contributed by atoms with Crippen molar-refractivity contribution < 1.29 is 0 Å². The van der Waals surface area contributed by atoms with Crippen molar-refractivity contribution in [2.45, 2.75) is 13.0 Å². The molecular weight excluding hydrogens is 310 g/mol. The van der Waals surface area contributed by atoms with Crippen molar-refractivity contribution in [3.8, 4) is 10.7 Å². The van der Waals surface area contributed by atoms with Crippen molar-refractivity contribution in [2.75, 3.05) is 0 Å². The van der Waals surface area contributed by atoms with Crippen molar-refractivity contribution in [3.05, 3.63) is 57.1 Å². The minimum Gasteiger partial charge on any atom is -0.292 e. The minimum absolute atomic E-state index is 0.0932. The van der Waals surface area contributed by atoms with E-state index in [0.29, 0.717) is 4.77 Å². The molecule has 3 nitrogen and oxygen atoms in total. The Morgan fingerprint density at radius 2 is 2.05 bits per heavy atom. The maximum atomic E-state index is 5.94. The predicted octanol–water partition coefficient (Wildman–Crippen LogP) is 4.93.